The van der Waals surface area contributed by atoms with Crippen molar-refractivity contribution in [3.63, 3.8) is 0 Å². The molecule has 2 atom stereocenters. The Bertz CT molecular complexity index is 1070. The monoisotopic (exact) mass is 536 g/mol. The van der Waals surface area contributed by atoms with Crippen molar-refractivity contribution in [1.82, 2.24) is 15.5 Å². The second kappa shape index (κ2) is 12.7. The number of nitrogens with one attached hydrogen (secondary N) is 2. The summed E-state index contributed by atoms with van der Waals surface area (Å²) in [5.41, 5.74) is 2.13. The summed E-state index contributed by atoms with van der Waals surface area (Å²) in [7, 11) is 1.71. The molecule has 2 aromatic rings. The number of likely N-dealkylation sites (N-methyl/N-ethyl adjacent to an activating group) is 1. The van der Waals surface area contributed by atoms with Crippen LogP contribution in [0, 0.1) is 17.7 Å². The average Bonchev–Trinajstić information content (AvgIpc) is 2.84. The highest BCUT2D eigenvalue weighted by atomic mass is 35.5. The van der Waals surface area contributed by atoms with Gasteiger partial charge in [0.1, 0.15) is 5.82 Å². The van der Waals surface area contributed by atoms with Crippen molar-refractivity contribution in [2.45, 2.75) is 33.2 Å². The number of benzene rings is 2. The second-order valence-corrected chi connectivity index (χ2v) is 10.5. The number of para-hydroxylation sites is 1. The SMILES string of the molecule is CNCC(=O)N[C@H](c1cccc(F)c1N1CCN(C(=O)[C@H](C)Cc2ccc(Cl)cc2Cl)CC1)C(C)C. The largest absolute Gasteiger partial charge is 0.365 e. The predicted molar refractivity (Wildman–Crippen MR) is 144 cm³/mol. The Morgan fingerprint density at radius 2 is 1.75 bits per heavy atom. The van der Waals surface area contributed by atoms with Gasteiger partial charge in [0.15, 0.2) is 0 Å². The standard InChI is InChI=1S/C27H35Cl2FN4O2/c1-17(2)25(32-24(35)16-31-4)21-6-5-7-23(30)26(21)33-10-12-34(13-11-33)27(36)18(3)14-19-8-9-20(28)15-22(19)29/h5-9,15,17-18,25,31H,10-14,16H2,1-4H3,(H,32,35)/t18-,25+/m1/s1. The summed E-state index contributed by atoms with van der Waals surface area (Å²) in [6.07, 6.45) is 0.523. The summed E-state index contributed by atoms with van der Waals surface area (Å²) >= 11 is 12.3. The zero-order valence-corrected chi connectivity index (χ0v) is 22.8. The van der Waals surface area contributed by atoms with Gasteiger partial charge in [0.05, 0.1) is 18.3 Å². The summed E-state index contributed by atoms with van der Waals surface area (Å²) in [4.78, 5) is 29.3. The van der Waals surface area contributed by atoms with E-state index in [1.165, 1.54) is 6.07 Å². The Morgan fingerprint density at radius 3 is 2.36 bits per heavy atom. The van der Waals surface area contributed by atoms with Crippen molar-refractivity contribution >= 4 is 40.7 Å². The molecule has 0 unspecified atom stereocenters. The van der Waals surface area contributed by atoms with Gasteiger partial charge in [0.2, 0.25) is 11.8 Å². The third-order valence-corrected chi connectivity index (χ3v) is 7.13. The number of hydrogen-bond donors (Lipinski definition) is 2. The number of carbonyl (C=O) groups excluding carboxylic acids is 2. The molecular formula is C27H35Cl2FN4O2. The van der Waals surface area contributed by atoms with E-state index in [0.717, 1.165) is 11.1 Å². The molecule has 1 heterocycles. The van der Waals surface area contributed by atoms with Crippen LogP contribution in [0.2, 0.25) is 10.0 Å². The molecule has 0 radical (unpaired) electrons. The maximum absolute atomic E-state index is 15.2. The van der Waals surface area contributed by atoms with Gasteiger partial charge in [-0.2, -0.15) is 0 Å². The number of halogens is 3. The molecule has 1 fully saturated rings. The molecule has 9 heteroatoms. The van der Waals surface area contributed by atoms with E-state index in [-0.39, 0.29) is 42.1 Å². The van der Waals surface area contributed by atoms with Gasteiger partial charge in [-0.3, -0.25) is 9.59 Å². The molecule has 0 aromatic heterocycles. The van der Waals surface area contributed by atoms with E-state index < -0.39 is 0 Å². The third-order valence-electron chi connectivity index (χ3n) is 6.54. The first-order valence-electron chi connectivity index (χ1n) is 12.3. The lowest BCUT2D eigenvalue weighted by Crippen LogP contribution is -2.51. The molecule has 0 saturated carbocycles. The number of anilines is 1. The Hall–Kier alpha value is -2.35. The summed E-state index contributed by atoms with van der Waals surface area (Å²) in [6, 6.07) is 9.98. The molecule has 0 aliphatic carbocycles. The summed E-state index contributed by atoms with van der Waals surface area (Å²) < 4.78 is 15.2. The smallest absolute Gasteiger partial charge is 0.234 e. The molecule has 36 heavy (non-hydrogen) atoms. The molecule has 1 saturated heterocycles. The number of nitrogens with zero attached hydrogens (tertiary/aromatic N) is 2. The molecule has 0 spiro atoms. The predicted octanol–water partition coefficient (Wildman–Crippen LogP) is 4.69. The van der Waals surface area contributed by atoms with Crippen LogP contribution in [-0.4, -0.2) is 56.5 Å². The van der Waals surface area contributed by atoms with Gasteiger partial charge in [-0.1, -0.05) is 62.2 Å². The minimum atomic E-state index is -0.333. The molecule has 2 amide bonds. The zero-order valence-electron chi connectivity index (χ0n) is 21.3. The number of carbonyl (C=O) groups is 2. The highest BCUT2D eigenvalue weighted by Crippen LogP contribution is 2.34. The normalized spacial score (nSPS) is 15.7. The molecule has 3 rings (SSSR count). The summed E-state index contributed by atoms with van der Waals surface area (Å²) in [6.45, 7) is 8.08. The molecule has 2 aromatic carbocycles. The van der Waals surface area contributed by atoms with Crippen LogP contribution in [0.1, 0.15) is 37.9 Å². The fraction of sp³-hybridized carbons (Fsp3) is 0.481. The van der Waals surface area contributed by atoms with Gasteiger partial charge in [0.25, 0.3) is 0 Å². The van der Waals surface area contributed by atoms with Gasteiger partial charge in [0, 0.05) is 47.7 Å². The van der Waals surface area contributed by atoms with Crippen molar-refractivity contribution in [3.8, 4) is 0 Å². The Labute approximate surface area is 223 Å². The van der Waals surface area contributed by atoms with E-state index in [9.17, 15) is 9.59 Å². The number of hydrogen-bond acceptors (Lipinski definition) is 4. The maximum atomic E-state index is 15.2. The Morgan fingerprint density at radius 1 is 1.06 bits per heavy atom. The van der Waals surface area contributed by atoms with Gasteiger partial charge in [-0.15, -0.1) is 0 Å². The molecule has 0 bridgehead atoms. The lowest BCUT2D eigenvalue weighted by atomic mass is 9.93. The van der Waals surface area contributed by atoms with Crippen LogP contribution in [0.15, 0.2) is 36.4 Å². The zero-order chi connectivity index (χ0) is 26.4. The quantitative estimate of drug-likeness (QED) is 0.487. The molecular weight excluding hydrogens is 502 g/mol. The highest BCUT2D eigenvalue weighted by molar-refractivity contribution is 6.35. The molecule has 196 valence electrons. The van der Waals surface area contributed by atoms with E-state index in [1.54, 1.807) is 25.2 Å². The fourth-order valence-corrected chi connectivity index (χ4v) is 5.16. The fourth-order valence-electron chi connectivity index (χ4n) is 4.67. The van der Waals surface area contributed by atoms with Gasteiger partial charge in [-0.25, -0.2) is 4.39 Å². The van der Waals surface area contributed by atoms with E-state index in [0.29, 0.717) is 48.3 Å². The molecule has 2 N–H and O–H groups in total. The number of amides is 2. The van der Waals surface area contributed by atoms with Crippen LogP contribution in [-0.2, 0) is 16.0 Å². The number of rotatable bonds is 9. The second-order valence-electron chi connectivity index (χ2n) is 9.65. The average molecular weight is 538 g/mol. The Balaban J connectivity index is 1.71. The highest BCUT2D eigenvalue weighted by Gasteiger charge is 2.30. The first-order valence-corrected chi connectivity index (χ1v) is 13.1. The minimum Gasteiger partial charge on any atom is -0.365 e. The lowest BCUT2D eigenvalue weighted by Gasteiger charge is -2.39. The first kappa shape index (κ1) is 28.2. The van der Waals surface area contributed by atoms with E-state index in [2.05, 4.69) is 10.6 Å². The van der Waals surface area contributed by atoms with E-state index in [4.69, 9.17) is 23.2 Å². The van der Waals surface area contributed by atoms with E-state index in [1.807, 2.05) is 42.7 Å². The maximum Gasteiger partial charge on any atom is 0.234 e. The van der Waals surface area contributed by atoms with Crippen LogP contribution in [0.3, 0.4) is 0 Å². The lowest BCUT2D eigenvalue weighted by molar-refractivity contribution is -0.135. The van der Waals surface area contributed by atoms with Crippen LogP contribution in [0.25, 0.3) is 0 Å². The molecule has 1 aliphatic rings. The topological polar surface area (TPSA) is 64.7 Å². The third kappa shape index (κ3) is 6.90. The van der Waals surface area contributed by atoms with Crippen molar-refractivity contribution in [3.05, 3.63) is 63.4 Å². The van der Waals surface area contributed by atoms with Gasteiger partial charge < -0.3 is 20.4 Å². The van der Waals surface area contributed by atoms with Crippen LogP contribution < -0.4 is 15.5 Å². The number of piperazine rings is 1. The molecule has 6 nitrogen and oxygen atoms in total. The van der Waals surface area contributed by atoms with E-state index >= 15 is 4.39 Å². The van der Waals surface area contributed by atoms with Crippen LogP contribution in [0.5, 0.6) is 0 Å². The van der Waals surface area contributed by atoms with Crippen LogP contribution >= 0.6 is 23.2 Å². The minimum absolute atomic E-state index is 0.0498. The molecule has 1 aliphatic heterocycles. The summed E-state index contributed by atoms with van der Waals surface area (Å²) in [5, 5.41) is 7.00. The van der Waals surface area contributed by atoms with Crippen molar-refractivity contribution in [2.75, 3.05) is 44.7 Å². The summed E-state index contributed by atoms with van der Waals surface area (Å²) in [5.74, 6) is -0.598. The van der Waals surface area contributed by atoms with Crippen molar-refractivity contribution in [2.24, 2.45) is 11.8 Å². The Kier molecular flexibility index (Phi) is 10.00. The van der Waals surface area contributed by atoms with Gasteiger partial charge in [-0.05, 0) is 43.1 Å². The van der Waals surface area contributed by atoms with Crippen molar-refractivity contribution in [1.29, 1.82) is 0 Å². The first-order chi connectivity index (χ1) is 17.1. The van der Waals surface area contributed by atoms with Crippen molar-refractivity contribution < 1.29 is 14.0 Å². The van der Waals surface area contributed by atoms with Gasteiger partial charge >= 0.3 is 0 Å². The van der Waals surface area contributed by atoms with Crippen LogP contribution in [0.4, 0.5) is 10.1 Å².